The number of rotatable bonds is 4. The molecule has 0 saturated carbocycles. The number of nitrogens with zero attached hydrogens (tertiary/aromatic N) is 2. The van der Waals surface area contributed by atoms with Crippen LogP contribution in [0.5, 0.6) is 11.5 Å². The Kier molecular flexibility index (Phi) is 3.78. The van der Waals surface area contributed by atoms with Crippen molar-refractivity contribution < 1.29 is 9.13 Å². The van der Waals surface area contributed by atoms with Crippen molar-refractivity contribution in [1.29, 1.82) is 0 Å². The minimum atomic E-state index is -0.369. The average Bonchev–Trinajstić information content (AvgIpc) is 2.79. The number of aromatic nitrogens is 2. The summed E-state index contributed by atoms with van der Waals surface area (Å²) in [5, 5.41) is 4.62. The predicted octanol–water partition coefficient (Wildman–Crippen LogP) is 3.73. The maximum Gasteiger partial charge on any atom is 0.167 e. The van der Waals surface area contributed by atoms with Crippen molar-refractivity contribution in [3.8, 4) is 11.5 Å². The third-order valence-electron chi connectivity index (χ3n) is 2.35. The lowest BCUT2D eigenvalue weighted by Gasteiger charge is -2.08. The van der Waals surface area contributed by atoms with Crippen molar-refractivity contribution in [2.24, 2.45) is 0 Å². The Hall–Kier alpha value is -1.36. The van der Waals surface area contributed by atoms with E-state index < -0.39 is 0 Å². The fourth-order valence-electron chi connectivity index (χ4n) is 1.46. The first-order chi connectivity index (χ1) is 8.24. The fourth-order valence-corrected chi connectivity index (χ4v) is 1.90. The SMILES string of the molecule is CCn1cc(Oc2c(F)cccc2CBr)cn1. The van der Waals surface area contributed by atoms with Crippen LogP contribution in [-0.2, 0) is 11.9 Å². The summed E-state index contributed by atoms with van der Waals surface area (Å²) in [5.74, 6) is 0.422. The minimum absolute atomic E-state index is 0.250. The van der Waals surface area contributed by atoms with Gasteiger partial charge < -0.3 is 4.74 Å². The van der Waals surface area contributed by atoms with Gasteiger partial charge in [0.2, 0.25) is 0 Å². The molecule has 17 heavy (non-hydrogen) atoms. The molecule has 0 atom stereocenters. The zero-order valence-electron chi connectivity index (χ0n) is 9.36. The molecule has 0 aliphatic carbocycles. The van der Waals surface area contributed by atoms with Gasteiger partial charge in [0.05, 0.1) is 12.4 Å². The average molecular weight is 299 g/mol. The van der Waals surface area contributed by atoms with E-state index in [1.54, 1.807) is 23.1 Å². The molecule has 90 valence electrons. The maximum absolute atomic E-state index is 13.6. The van der Waals surface area contributed by atoms with Crippen LogP contribution in [0.1, 0.15) is 12.5 Å². The third kappa shape index (κ3) is 2.66. The summed E-state index contributed by atoms with van der Waals surface area (Å²) >= 11 is 3.31. The van der Waals surface area contributed by atoms with Gasteiger partial charge in [-0.2, -0.15) is 5.10 Å². The van der Waals surface area contributed by atoms with E-state index in [9.17, 15) is 4.39 Å². The Morgan fingerprint density at radius 3 is 2.94 bits per heavy atom. The topological polar surface area (TPSA) is 27.1 Å². The number of ether oxygens (including phenoxy) is 1. The van der Waals surface area contributed by atoms with Crippen LogP contribution >= 0.6 is 15.9 Å². The molecule has 0 amide bonds. The van der Waals surface area contributed by atoms with Gasteiger partial charge in [-0.15, -0.1) is 0 Å². The molecule has 1 aromatic carbocycles. The van der Waals surface area contributed by atoms with Crippen molar-refractivity contribution in [3.63, 3.8) is 0 Å². The van der Waals surface area contributed by atoms with E-state index in [0.29, 0.717) is 11.1 Å². The number of alkyl halides is 1. The quantitative estimate of drug-likeness (QED) is 0.804. The van der Waals surface area contributed by atoms with Gasteiger partial charge in [0.15, 0.2) is 17.3 Å². The zero-order valence-corrected chi connectivity index (χ0v) is 10.9. The van der Waals surface area contributed by atoms with Crippen molar-refractivity contribution >= 4 is 15.9 Å². The van der Waals surface area contributed by atoms with Gasteiger partial charge in [-0.3, -0.25) is 4.68 Å². The first-order valence-corrected chi connectivity index (χ1v) is 6.40. The molecule has 1 heterocycles. The number of benzene rings is 1. The lowest BCUT2D eigenvalue weighted by atomic mass is 10.2. The standard InChI is InChI=1S/C12H12BrFN2O/c1-2-16-8-10(7-15-16)17-12-9(6-13)4-3-5-11(12)14/h3-5,7-8H,2,6H2,1H3. The lowest BCUT2D eigenvalue weighted by Crippen LogP contribution is -1.93. The highest BCUT2D eigenvalue weighted by atomic mass is 79.9. The summed E-state index contributed by atoms with van der Waals surface area (Å²) in [6.45, 7) is 2.73. The highest BCUT2D eigenvalue weighted by molar-refractivity contribution is 9.08. The van der Waals surface area contributed by atoms with Gasteiger partial charge in [-0.1, -0.05) is 28.1 Å². The summed E-state index contributed by atoms with van der Waals surface area (Å²) in [7, 11) is 0. The Balaban J connectivity index is 2.28. The second kappa shape index (κ2) is 5.31. The molecule has 0 N–H and O–H groups in total. The Morgan fingerprint density at radius 2 is 2.29 bits per heavy atom. The summed E-state index contributed by atoms with van der Waals surface area (Å²) in [4.78, 5) is 0. The number of halogens is 2. The first-order valence-electron chi connectivity index (χ1n) is 5.28. The normalized spacial score (nSPS) is 10.5. The summed E-state index contributed by atoms with van der Waals surface area (Å²) < 4.78 is 20.9. The molecule has 5 heteroatoms. The molecule has 1 aromatic heterocycles. The molecule has 0 aliphatic heterocycles. The molecular formula is C12H12BrFN2O. The van der Waals surface area contributed by atoms with Gasteiger partial charge in [-0.25, -0.2) is 4.39 Å². The Morgan fingerprint density at radius 1 is 1.47 bits per heavy atom. The van der Waals surface area contributed by atoms with Gasteiger partial charge >= 0.3 is 0 Å². The van der Waals surface area contributed by atoms with Crippen LogP contribution in [0.2, 0.25) is 0 Å². The van der Waals surface area contributed by atoms with Crippen molar-refractivity contribution in [3.05, 3.63) is 42.0 Å². The molecule has 0 fully saturated rings. The molecule has 3 nitrogen and oxygen atoms in total. The maximum atomic E-state index is 13.6. The van der Waals surface area contributed by atoms with E-state index in [-0.39, 0.29) is 11.6 Å². The zero-order chi connectivity index (χ0) is 12.3. The van der Waals surface area contributed by atoms with Crippen LogP contribution < -0.4 is 4.74 Å². The number of hydrogen-bond acceptors (Lipinski definition) is 2. The molecular weight excluding hydrogens is 287 g/mol. The number of hydrogen-bond donors (Lipinski definition) is 0. The summed E-state index contributed by atoms with van der Waals surface area (Å²) in [5.41, 5.74) is 0.772. The van der Waals surface area contributed by atoms with Crippen molar-refractivity contribution in [2.45, 2.75) is 18.8 Å². The Labute approximate surface area is 107 Å². The second-order valence-electron chi connectivity index (χ2n) is 3.50. The summed E-state index contributed by atoms with van der Waals surface area (Å²) in [6.07, 6.45) is 3.32. The smallest absolute Gasteiger partial charge is 0.167 e. The number of aryl methyl sites for hydroxylation is 1. The van der Waals surface area contributed by atoms with E-state index in [2.05, 4.69) is 21.0 Å². The molecule has 0 unspecified atom stereocenters. The molecule has 0 bridgehead atoms. The second-order valence-corrected chi connectivity index (χ2v) is 4.06. The van der Waals surface area contributed by atoms with Crippen LogP contribution in [0.3, 0.4) is 0 Å². The van der Waals surface area contributed by atoms with Gasteiger partial charge in [0.1, 0.15) is 0 Å². The molecule has 0 radical (unpaired) electrons. The van der Waals surface area contributed by atoms with Gasteiger partial charge in [0, 0.05) is 17.4 Å². The van der Waals surface area contributed by atoms with Crippen LogP contribution in [0.25, 0.3) is 0 Å². The Bertz CT molecular complexity index is 513. The van der Waals surface area contributed by atoms with Crippen LogP contribution in [0.4, 0.5) is 4.39 Å². The van der Waals surface area contributed by atoms with Crippen LogP contribution in [0.15, 0.2) is 30.6 Å². The monoisotopic (exact) mass is 298 g/mol. The van der Waals surface area contributed by atoms with Crippen molar-refractivity contribution in [2.75, 3.05) is 0 Å². The highest BCUT2D eigenvalue weighted by Gasteiger charge is 2.11. The molecule has 0 spiro atoms. The number of para-hydroxylation sites is 1. The predicted molar refractivity (Wildman–Crippen MR) is 67.0 cm³/mol. The van der Waals surface area contributed by atoms with Crippen LogP contribution in [0, 0.1) is 5.82 Å². The first kappa shape index (κ1) is 12.1. The van der Waals surface area contributed by atoms with Crippen molar-refractivity contribution in [1.82, 2.24) is 9.78 Å². The largest absolute Gasteiger partial charge is 0.451 e. The molecule has 0 saturated heterocycles. The highest BCUT2D eigenvalue weighted by Crippen LogP contribution is 2.29. The lowest BCUT2D eigenvalue weighted by molar-refractivity contribution is 0.437. The van der Waals surface area contributed by atoms with E-state index in [1.165, 1.54) is 6.07 Å². The van der Waals surface area contributed by atoms with E-state index >= 15 is 0 Å². The molecule has 2 aromatic rings. The molecule has 2 rings (SSSR count). The third-order valence-corrected chi connectivity index (χ3v) is 2.95. The van der Waals surface area contributed by atoms with Gasteiger partial charge in [-0.05, 0) is 13.0 Å². The molecule has 0 aliphatic rings. The van der Waals surface area contributed by atoms with E-state index in [1.807, 2.05) is 13.0 Å². The summed E-state index contributed by atoms with van der Waals surface area (Å²) in [6, 6.07) is 4.86. The van der Waals surface area contributed by atoms with Crippen LogP contribution in [-0.4, -0.2) is 9.78 Å². The fraction of sp³-hybridized carbons (Fsp3) is 0.250. The van der Waals surface area contributed by atoms with Gasteiger partial charge in [0.25, 0.3) is 0 Å². The van der Waals surface area contributed by atoms with E-state index in [4.69, 9.17) is 4.74 Å². The van der Waals surface area contributed by atoms with E-state index in [0.717, 1.165) is 12.1 Å². The minimum Gasteiger partial charge on any atom is -0.451 e.